The topological polar surface area (TPSA) is 99.6 Å². The highest BCUT2D eigenvalue weighted by Crippen LogP contribution is 2.61. The zero-order valence-electron chi connectivity index (χ0n) is 59.3. The standard InChI is InChI=1S/C90H100N2O8/c1-3-5-7-9-11-13-15-17-19-21-25-63-51-71-67-27-23-29-69-75-55-65(99-49-47-95-41-39-93-43-45-97-59-61-31-35-91-36-32-61)57-77-78-58-66(100-50-48-96-42-40-94-44-46-98-60-62-33-37-92-38-34-62)56-76-70-30-24-28-68-72-52-64(26-22-20-18-16-14-12-10-8-6-4-2)54-74-73(53-63)81(71)87-85(79(67)69)89(83(75)77)90(84(76)78)86(80(68)70)88(87)82(72)74/h23-24,27-38,51-58H,3-22,25-26,39-50,59-60H2,1-2H3. The summed E-state index contributed by atoms with van der Waals surface area (Å²) in [4.78, 5) is 8.21. The van der Waals surface area contributed by atoms with Crippen molar-refractivity contribution >= 4 is 129 Å². The Morgan fingerprint density at radius 3 is 0.800 bits per heavy atom. The Labute approximate surface area is 589 Å². The molecule has 0 aliphatic heterocycles. The van der Waals surface area contributed by atoms with Crippen molar-refractivity contribution in [1.29, 1.82) is 0 Å². The highest BCUT2D eigenvalue weighted by molar-refractivity contribution is 6.61. The van der Waals surface area contributed by atoms with Crippen molar-refractivity contribution in [2.75, 3.05) is 79.3 Å². The number of hydrogen-bond acceptors (Lipinski definition) is 10. The van der Waals surface area contributed by atoms with Gasteiger partial charge in [0.15, 0.2) is 0 Å². The molecule has 0 N–H and O–H groups in total. The molecule has 10 nitrogen and oxygen atoms in total. The fraction of sp³-hybridized carbons (Fsp3) is 0.422. The molecule has 15 aromatic rings. The first kappa shape index (κ1) is 68.0. The largest absolute Gasteiger partial charge is 0.491 e. The van der Waals surface area contributed by atoms with Gasteiger partial charge in [-0.3, -0.25) is 9.97 Å². The Balaban J connectivity index is 0.807. The lowest BCUT2D eigenvalue weighted by Crippen LogP contribution is -2.13. The van der Waals surface area contributed by atoms with Gasteiger partial charge < -0.3 is 37.9 Å². The first-order valence-corrected chi connectivity index (χ1v) is 38.4. The van der Waals surface area contributed by atoms with Gasteiger partial charge in [0.1, 0.15) is 24.7 Å². The van der Waals surface area contributed by atoms with Gasteiger partial charge in [-0.25, -0.2) is 0 Å². The van der Waals surface area contributed by atoms with Crippen LogP contribution in [0.3, 0.4) is 0 Å². The number of benzene rings is 13. The third-order valence-electron chi connectivity index (χ3n) is 21.6. The van der Waals surface area contributed by atoms with Gasteiger partial charge in [-0.05, 0) is 226 Å². The molecule has 0 aliphatic carbocycles. The maximum Gasteiger partial charge on any atom is 0.120 e. The highest BCUT2D eigenvalue weighted by Gasteiger charge is 2.32. The summed E-state index contributed by atoms with van der Waals surface area (Å²) in [6, 6.07) is 42.1. The predicted molar refractivity (Wildman–Crippen MR) is 417 cm³/mol. The van der Waals surface area contributed by atoms with Crippen LogP contribution in [0.15, 0.2) is 134 Å². The number of ether oxygens (including phenoxy) is 8. The molecule has 0 amide bonds. The summed E-state index contributed by atoms with van der Waals surface area (Å²) < 4.78 is 49.6. The Bertz CT molecular complexity index is 4720. The van der Waals surface area contributed by atoms with Gasteiger partial charge in [0, 0.05) is 24.8 Å². The maximum atomic E-state index is 6.90. The molecule has 0 fully saturated rings. The highest BCUT2D eigenvalue weighted by atomic mass is 16.6. The fourth-order valence-electron chi connectivity index (χ4n) is 16.9. The van der Waals surface area contributed by atoms with E-state index in [1.165, 1.54) is 269 Å². The lowest BCUT2D eigenvalue weighted by molar-refractivity contribution is 0.00597. The smallest absolute Gasteiger partial charge is 0.120 e. The van der Waals surface area contributed by atoms with Crippen molar-refractivity contribution in [1.82, 2.24) is 9.97 Å². The van der Waals surface area contributed by atoms with E-state index in [-0.39, 0.29) is 0 Å². The van der Waals surface area contributed by atoms with Gasteiger partial charge in [0.2, 0.25) is 0 Å². The van der Waals surface area contributed by atoms with Crippen LogP contribution in [0.25, 0.3) is 129 Å². The first-order valence-electron chi connectivity index (χ1n) is 38.4. The van der Waals surface area contributed by atoms with Crippen LogP contribution in [-0.4, -0.2) is 89.3 Å². The van der Waals surface area contributed by atoms with E-state index in [1.807, 2.05) is 24.3 Å². The zero-order valence-corrected chi connectivity index (χ0v) is 59.3. The van der Waals surface area contributed by atoms with Crippen LogP contribution in [-0.2, 0) is 54.5 Å². The average molecular weight is 1340 g/mol. The number of nitrogens with zero attached hydrogens (tertiary/aromatic N) is 2. The lowest BCUT2D eigenvalue weighted by Gasteiger charge is -2.30. The Kier molecular flexibility index (Phi) is 22.4. The van der Waals surface area contributed by atoms with E-state index < -0.39 is 0 Å². The second kappa shape index (κ2) is 32.9. The van der Waals surface area contributed by atoms with Gasteiger partial charge in [0.25, 0.3) is 0 Å². The third-order valence-corrected chi connectivity index (χ3v) is 21.6. The summed E-state index contributed by atoms with van der Waals surface area (Å²) in [6.07, 6.45) is 36.0. The molecule has 0 aliphatic rings. The Morgan fingerprint density at radius 1 is 0.230 bits per heavy atom. The molecule has 518 valence electrons. The van der Waals surface area contributed by atoms with Gasteiger partial charge in [-0.15, -0.1) is 0 Å². The second-order valence-electron chi connectivity index (χ2n) is 28.5. The van der Waals surface area contributed by atoms with Crippen LogP contribution in [0.4, 0.5) is 0 Å². The number of unbranched alkanes of at least 4 members (excludes halogenated alkanes) is 18. The summed E-state index contributed by atoms with van der Waals surface area (Å²) in [5, 5.41) is 32.2. The monoisotopic (exact) mass is 1340 g/mol. The van der Waals surface area contributed by atoms with Crippen molar-refractivity contribution in [3.8, 4) is 11.5 Å². The van der Waals surface area contributed by atoms with E-state index >= 15 is 0 Å². The average Bonchev–Trinajstić information content (AvgIpc) is 0.645. The van der Waals surface area contributed by atoms with E-state index in [0.29, 0.717) is 92.5 Å². The molecule has 2 aromatic heterocycles. The molecule has 2 heterocycles. The molecule has 0 bridgehead atoms. The van der Waals surface area contributed by atoms with Crippen molar-refractivity contribution < 1.29 is 37.9 Å². The minimum atomic E-state index is 0.392. The Morgan fingerprint density at radius 2 is 0.480 bits per heavy atom. The molecule has 100 heavy (non-hydrogen) atoms. The van der Waals surface area contributed by atoms with Crippen LogP contribution in [0.5, 0.6) is 11.5 Å². The molecule has 0 atom stereocenters. The molecular formula is C90H100N2O8. The molecule has 0 saturated carbocycles. The van der Waals surface area contributed by atoms with Crippen LogP contribution < -0.4 is 9.47 Å². The van der Waals surface area contributed by atoms with Crippen molar-refractivity contribution in [3.05, 3.63) is 156 Å². The second-order valence-corrected chi connectivity index (χ2v) is 28.5. The number of aromatic nitrogens is 2. The summed E-state index contributed by atoms with van der Waals surface area (Å²) in [6.45, 7) is 11.2. The molecule has 0 saturated heterocycles. The molecule has 10 heteroatoms. The van der Waals surface area contributed by atoms with Gasteiger partial charge in [0.05, 0.1) is 79.3 Å². The minimum Gasteiger partial charge on any atom is -0.491 e. The number of pyridine rings is 2. The number of aryl methyl sites for hydroxylation is 2. The van der Waals surface area contributed by atoms with Crippen LogP contribution in [0.1, 0.15) is 165 Å². The van der Waals surface area contributed by atoms with E-state index in [2.05, 4.69) is 109 Å². The van der Waals surface area contributed by atoms with Crippen molar-refractivity contribution in [3.63, 3.8) is 0 Å². The fourth-order valence-corrected chi connectivity index (χ4v) is 16.9. The van der Waals surface area contributed by atoms with Crippen LogP contribution in [0.2, 0.25) is 0 Å². The molecule has 0 radical (unpaired) electrons. The zero-order chi connectivity index (χ0) is 67.4. The quantitative estimate of drug-likeness (QED) is 0.0208. The Hall–Kier alpha value is -7.80. The van der Waals surface area contributed by atoms with Crippen LogP contribution >= 0.6 is 0 Å². The lowest BCUT2D eigenvalue weighted by atomic mass is 9.73. The van der Waals surface area contributed by atoms with Gasteiger partial charge in [-0.2, -0.15) is 0 Å². The van der Waals surface area contributed by atoms with Gasteiger partial charge in [-0.1, -0.05) is 190 Å². The summed E-state index contributed by atoms with van der Waals surface area (Å²) in [7, 11) is 0. The number of fused-ring (bicyclic) bond motifs is 6. The molecule has 0 unspecified atom stereocenters. The van der Waals surface area contributed by atoms with Crippen LogP contribution in [0, 0.1) is 0 Å². The maximum absolute atomic E-state index is 6.90. The van der Waals surface area contributed by atoms with Crippen molar-refractivity contribution in [2.45, 2.75) is 168 Å². The number of hydrogen-bond donors (Lipinski definition) is 0. The molecule has 13 aromatic carbocycles. The van der Waals surface area contributed by atoms with E-state index in [4.69, 9.17) is 37.9 Å². The third kappa shape index (κ3) is 14.3. The minimum absolute atomic E-state index is 0.392. The van der Waals surface area contributed by atoms with Crippen molar-refractivity contribution in [2.24, 2.45) is 0 Å². The molecule has 15 rings (SSSR count). The summed E-state index contributed by atoms with van der Waals surface area (Å²) >= 11 is 0. The summed E-state index contributed by atoms with van der Waals surface area (Å²) in [5.74, 6) is 1.64. The molecular weight excluding hydrogens is 1240 g/mol. The normalized spacial score (nSPS) is 12.6. The van der Waals surface area contributed by atoms with Gasteiger partial charge >= 0.3 is 0 Å². The summed E-state index contributed by atoms with van der Waals surface area (Å²) in [5.41, 5.74) is 5.12. The SMILES string of the molecule is CCCCCCCCCCCCc1cc2c3cccc4c5cc(OCCOCCOCCOCc6ccncc6)cc6c7cc(OCCOCCOCCOCc8ccncc8)cc8c9cccc%10c%11cc(CCCCCCCCCCCC)cc%12c(c1)c2c1c(c34)c(c56)c(c87)c(c%109)c1c%11%12. The molecule has 0 spiro atoms. The first-order chi connectivity index (χ1) is 49.7. The van der Waals surface area contributed by atoms with E-state index in [1.54, 1.807) is 24.8 Å². The predicted octanol–water partition coefficient (Wildman–Crippen LogP) is 23.1. The van der Waals surface area contributed by atoms with E-state index in [0.717, 1.165) is 35.5 Å². The number of rotatable bonds is 46. The van der Waals surface area contributed by atoms with E-state index in [9.17, 15) is 0 Å².